The Morgan fingerprint density at radius 1 is 1.03 bits per heavy atom. The van der Waals surface area contributed by atoms with E-state index in [0.29, 0.717) is 27.2 Å². The van der Waals surface area contributed by atoms with Crippen LogP contribution in [0.4, 0.5) is 5.69 Å². The number of nitrogens with zero attached hydrogens (tertiary/aromatic N) is 2. The minimum absolute atomic E-state index is 0.0815. The average molecular weight is 484 g/mol. The Kier molecular flexibility index (Phi) is 8.22. The summed E-state index contributed by atoms with van der Waals surface area (Å²) in [4.78, 5) is 36.1. The monoisotopic (exact) mass is 483 g/mol. The van der Waals surface area contributed by atoms with Crippen molar-refractivity contribution < 1.29 is 33.3 Å². The molecule has 1 aromatic carbocycles. The highest BCUT2D eigenvalue weighted by Gasteiger charge is 2.22. The summed E-state index contributed by atoms with van der Waals surface area (Å²) in [7, 11) is 5.48. The van der Waals surface area contributed by atoms with E-state index < -0.39 is 23.9 Å². The van der Waals surface area contributed by atoms with Gasteiger partial charge in [0, 0.05) is 10.7 Å². The number of rotatable bonds is 9. The molecule has 0 saturated carbocycles. The van der Waals surface area contributed by atoms with Gasteiger partial charge < -0.3 is 24.3 Å². The molecule has 1 amide bonds. The molecule has 1 heterocycles. The largest absolute Gasteiger partial charge is 0.493 e. The van der Waals surface area contributed by atoms with Crippen molar-refractivity contribution in [1.82, 2.24) is 9.78 Å². The predicted octanol–water partition coefficient (Wildman–Crippen LogP) is 2.58. The van der Waals surface area contributed by atoms with Crippen molar-refractivity contribution in [3.05, 3.63) is 34.6 Å². The molecular weight excluding hydrogens is 462 g/mol. The van der Waals surface area contributed by atoms with Crippen LogP contribution in [0.3, 0.4) is 0 Å². The maximum Gasteiger partial charge on any atom is 0.307 e. The summed E-state index contributed by atoms with van der Waals surface area (Å²) in [6.45, 7) is 0. The van der Waals surface area contributed by atoms with Crippen LogP contribution in [0.2, 0.25) is 0 Å². The molecule has 0 aliphatic heterocycles. The number of methoxy groups -OCH3 is 4. The first-order chi connectivity index (χ1) is 14.3. The van der Waals surface area contributed by atoms with E-state index in [9.17, 15) is 14.4 Å². The van der Waals surface area contributed by atoms with Crippen LogP contribution in [0.5, 0.6) is 11.5 Å². The number of amides is 1. The molecule has 0 aliphatic carbocycles. The van der Waals surface area contributed by atoms with Gasteiger partial charge in [-0.05, 0) is 28.1 Å². The molecule has 162 valence electrons. The lowest BCUT2D eigenvalue weighted by molar-refractivity contribution is -0.144. The quantitative estimate of drug-likeness (QED) is 0.540. The molecular formula is C19H22BrN3O7. The number of anilines is 1. The van der Waals surface area contributed by atoms with Crippen LogP contribution in [0.1, 0.15) is 29.2 Å². The Balaban J connectivity index is 2.21. The maximum absolute atomic E-state index is 12.7. The number of hydrogen-bond donors (Lipinski definition) is 1. The van der Waals surface area contributed by atoms with Gasteiger partial charge in [-0.1, -0.05) is 0 Å². The van der Waals surface area contributed by atoms with Crippen molar-refractivity contribution in [3.63, 3.8) is 0 Å². The molecule has 1 aromatic heterocycles. The molecule has 2 rings (SSSR count). The van der Waals surface area contributed by atoms with Crippen LogP contribution in [-0.2, 0) is 19.1 Å². The minimum atomic E-state index is -0.622. The van der Waals surface area contributed by atoms with E-state index in [0.717, 1.165) is 0 Å². The topological polar surface area (TPSA) is 118 Å². The van der Waals surface area contributed by atoms with Crippen LogP contribution < -0.4 is 14.8 Å². The van der Waals surface area contributed by atoms with Crippen LogP contribution in [0.15, 0.2) is 29.0 Å². The van der Waals surface area contributed by atoms with E-state index in [4.69, 9.17) is 9.47 Å². The molecule has 10 nitrogen and oxygen atoms in total. The smallest absolute Gasteiger partial charge is 0.307 e. The van der Waals surface area contributed by atoms with Crippen molar-refractivity contribution in [3.8, 4) is 11.5 Å². The highest BCUT2D eigenvalue weighted by Crippen LogP contribution is 2.33. The summed E-state index contributed by atoms with van der Waals surface area (Å²) in [6.07, 6.45) is 2.76. The van der Waals surface area contributed by atoms with Crippen LogP contribution in [-0.4, -0.2) is 56.1 Å². The average Bonchev–Trinajstić information content (AvgIpc) is 3.20. The molecule has 2 aromatic rings. The number of carbonyl (C=O) groups excluding carboxylic acids is 3. The third-order valence-electron chi connectivity index (χ3n) is 4.21. The fourth-order valence-corrected chi connectivity index (χ4v) is 3.14. The van der Waals surface area contributed by atoms with Crippen molar-refractivity contribution >= 4 is 39.5 Å². The number of aromatic nitrogens is 2. The summed E-state index contributed by atoms with van der Waals surface area (Å²) in [6, 6.07) is 2.54. The molecule has 0 fully saturated rings. The number of nitrogens with one attached hydrogen (secondary N) is 1. The van der Waals surface area contributed by atoms with Gasteiger partial charge in [0.1, 0.15) is 0 Å². The summed E-state index contributed by atoms with van der Waals surface area (Å²) >= 11 is 3.34. The second-order valence-corrected chi connectivity index (χ2v) is 6.92. The van der Waals surface area contributed by atoms with Crippen molar-refractivity contribution in [2.24, 2.45) is 0 Å². The third kappa shape index (κ3) is 5.72. The summed E-state index contributed by atoms with van der Waals surface area (Å²) in [5.41, 5.74) is 0.697. The van der Waals surface area contributed by atoms with Gasteiger partial charge in [-0.25, -0.2) is 0 Å². The molecule has 0 atom stereocenters. The first-order valence-corrected chi connectivity index (χ1v) is 9.52. The fourth-order valence-electron chi connectivity index (χ4n) is 2.64. The highest BCUT2D eigenvalue weighted by molar-refractivity contribution is 9.10. The van der Waals surface area contributed by atoms with Gasteiger partial charge >= 0.3 is 11.9 Å². The van der Waals surface area contributed by atoms with Gasteiger partial charge in [-0.15, -0.1) is 0 Å². The lowest BCUT2D eigenvalue weighted by atomic mass is 10.1. The molecule has 30 heavy (non-hydrogen) atoms. The van der Waals surface area contributed by atoms with Gasteiger partial charge in [0.05, 0.1) is 64.8 Å². The van der Waals surface area contributed by atoms with Gasteiger partial charge in [-0.3, -0.25) is 19.1 Å². The van der Waals surface area contributed by atoms with Crippen molar-refractivity contribution in [2.45, 2.75) is 18.9 Å². The number of hydrogen-bond acceptors (Lipinski definition) is 8. The molecule has 0 spiro atoms. The Morgan fingerprint density at radius 3 is 2.13 bits per heavy atom. The summed E-state index contributed by atoms with van der Waals surface area (Å²) in [5, 5.41) is 6.87. The molecule has 0 unspecified atom stereocenters. The number of benzene rings is 1. The zero-order valence-electron chi connectivity index (χ0n) is 16.9. The lowest BCUT2D eigenvalue weighted by Crippen LogP contribution is -2.19. The standard InChI is InChI=1S/C19H22BrN3O7/c1-27-15-7-13(14(20)8-16(15)28-2)19(26)22-11-9-21-23(10-11)12(5-17(24)29-3)6-18(25)30-4/h7-10,12H,5-6H2,1-4H3,(H,22,26). The van der Waals surface area contributed by atoms with E-state index in [1.165, 1.54) is 45.5 Å². The van der Waals surface area contributed by atoms with E-state index in [1.54, 1.807) is 12.1 Å². The first kappa shape index (κ1) is 23.2. The molecule has 0 bridgehead atoms. The zero-order chi connectivity index (χ0) is 22.3. The van der Waals surface area contributed by atoms with Gasteiger partial charge in [0.15, 0.2) is 11.5 Å². The second-order valence-electron chi connectivity index (χ2n) is 6.06. The number of ether oxygens (including phenoxy) is 4. The molecule has 0 radical (unpaired) electrons. The van der Waals surface area contributed by atoms with E-state index in [2.05, 4.69) is 35.8 Å². The zero-order valence-corrected chi connectivity index (χ0v) is 18.5. The van der Waals surface area contributed by atoms with E-state index >= 15 is 0 Å². The number of carbonyl (C=O) groups is 3. The van der Waals surface area contributed by atoms with Gasteiger partial charge in [0.25, 0.3) is 5.91 Å². The number of esters is 2. The highest BCUT2D eigenvalue weighted by atomic mass is 79.9. The van der Waals surface area contributed by atoms with Crippen LogP contribution in [0, 0.1) is 0 Å². The SMILES string of the molecule is COC(=O)CC(CC(=O)OC)n1cc(NC(=O)c2cc(OC)c(OC)cc2Br)cn1. The van der Waals surface area contributed by atoms with E-state index in [-0.39, 0.29) is 12.8 Å². The Morgan fingerprint density at radius 2 is 1.60 bits per heavy atom. The summed E-state index contributed by atoms with van der Waals surface area (Å²) in [5.74, 6) is -0.543. The molecule has 11 heteroatoms. The third-order valence-corrected chi connectivity index (χ3v) is 4.87. The normalized spacial score (nSPS) is 10.5. The Bertz CT molecular complexity index is 911. The van der Waals surface area contributed by atoms with Gasteiger partial charge in [-0.2, -0.15) is 5.10 Å². The van der Waals surface area contributed by atoms with Crippen molar-refractivity contribution in [2.75, 3.05) is 33.8 Å². The second kappa shape index (κ2) is 10.6. The van der Waals surface area contributed by atoms with E-state index in [1.807, 2.05) is 0 Å². The van der Waals surface area contributed by atoms with Crippen molar-refractivity contribution in [1.29, 1.82) is 0 Å². The Hall–Kier alpha value is -3.08. The Labute approximate surface area is 181 Å². The lowest BCUT2D eigenvalue weighted by Gasteiger charge is -2.15. The van der Waals surface area contributed by atoms with Crippen LogP contribution >= 0.6 is 15.9 Å². The molecule has 0 saturated heterocycles. The van der Waals surface area contributed by atoms with Gasteiger partial charge in [0.2, 0.25) is 0 Å². The van der Waals surface area contributed by atoms with Crippen LogP contribution in [0.25, 0.3) is 0 Å². The maximum atomic E-state index is 12.7. The number of halogens is 1. The molecule has 1 N–H and O–H groups in total. The first-order valence-electron chi connectivity index (χ1n) is 8.73. The fraction of sp³-hybridized carbons (Fsp3) is 0.368. The minimum Gasteiger partial charge on any atom is -0.493 e. The molecule has 0 aliphatic rings. The summed E-state index contributed by atoms with van der Waals surface area (Å²) < 4.78 is 21.7. The predicted molar refractivity (Wildman–Crippen MR) is 110 cm³/mol.